The number of benzene rings is 2. The van der Waals surface area contributed by atoms with Crippen molar-refractivity contribution in [2.24, 2.45) is 11.3 Å². The molecule has 2 atom stereocenters. The Morgan fingerprint density at radius 2 is 1.70 bits per heavy atom. The van der Waals surface area contributed by atoms with Gasteiger partial charge in [0.25, 0.3) is 0 Å². The highest BCUT2D eigenvalue weighted by molar-refractivity contribution is 5.70. The van der Waals surface area contributed by atoms with E-state index in [0.717, 1.165) is 25.9 Å². The SMILES string of the molecule is CCC1C(Cc2cccc(-c3ccccc3)c2)N(C(=O)OC(C)(C)C)CC12CC2.CCNC. The van der Waals surface area contributed by atoms with Gasteiger partial charge in [-0.05, 0) is 81.6 Å². The molecule has 4 heteroatoms. The van der Waals surface area contributed by atoms with Gasteiger partial charge in [0.2, 0.25) is 0 Å². The molecule has 0 radical (unpaired) electrons. The Bertz CT molecular complexity index is 897. The maximum atomic E-state index is 13.0. The summed E-state index contributed by atoms with van der Waals surface area (Å²) in [4.78, 5) is 15.1. The number of rotatable bonds is 5. The molecule has 4 rings (SSSR count). The molecule has 33 heavy (non-hydrogen) atoms. The van der Waals surface area contributed by atoms with Crippen LogP contribution < -0.4 is 5.32 Å². The molecule has 1 aliphatic carbocycles. The molecule has 1 saturated carbocycles. The zero-order chi connectivity index (χ0) is 24.1. The molecule has 1 aliphatic heterocycles. The number of hydrogen-bond donors (Lipinski definition) is 1. The first kappa shape index (κ1) is 25.3. The van der Waals surface area contributed by atoms with Crippen molar-refractivity contribution in [3.8, 4) is 11.1 Å². The first-order chi connectivity index (χ1) is 15.7. The van der Waals surface area contributed by atoms with E-state index in [9.17, 15) is 4.79 Å². The van der Waals surface area contributed by atoms with Crippen LogP contribution in [-0.4, -0.2) is 42.8 Å². The zero-order valence-electron chi connectivity index (χ0n) is 21.4. The predicted molar refractivity (Wildman–Crippen MR) is 137 cm³/mol. The zero-order valence-corrected chi connectivity index (χ0v) is 21.4. The largest absolute Gasteiger partial charge is 0.444 e. The smallest absolute Gasteiger partial charge is 0.410 e. The molecule has 0 bridgehead atoms. The summed E-state index contributed by atoms with van der Waals surface area (Å²) in [5, 5.41) is 2.93. The number of hydrogen-bond acceptors (Lipinski definition) is 3. The normalized spacial score (nSPS) is 20.8. The van der Waals surface area contributed by atoms with Crippen LogP contribution in [-0.2, 0) is 11.2 Å². The Kier molecular flexibility index (Phi) is 8.23. The van der Waals surface area contributed by atoms with Crippen LogP contribution in [0.2, 0.25) is 0 Å². The van der Waals surface area contributed by atoms with Crippen molar-refractivity contribution >= 4 is 6.09 Å². The number of amides is 1. The Hall–Kier alpha value is -2.33. The van der Waals surface area contributed by atoms with Gasteiger partial charge in [0.15, 0.2) is 0 Å². The van der Waals surface area contributed by atoms with Gasteiger partial charge in [0, 0.05) is 12.6 Å². The lowest BCUT2D eigenvalue weighted by molar-refractivity contribution is 0.0205. The van der Waals surface area contributed by atoms with Crippen molar-refractivity contribution < 1.29 is 9.53 Å². The molecule has 180 valence electrons. The monoisotopic (exact) mass is 450 g/mol. The average Bonchev–Trinajstić information content (AvgIpc) is 3.50. The van der Waals surface area contributed by atoms with E-state index in [1.165, 1.54) is 29.5 Å². The minimum Gasteiger partial charge on any atom is -0.444 e. The minimum absolute atomic E-state index is 0.149. The van der Waals surface area contributed by atoms with Gasteiger partial charge in [-0.25, -0.2) is 4.79 Å². The Morgan fingerprint density at radius 3 is 2.24 bits per heavy atom. The van der Waals surface area contributed by atoms with Crippen molar-refractivity contribution in [3.63, 3.8) is 0 Å². The van der Waals surface area contributed by atoms with E-state index >= 15 is 0 Å². The molecular formula is C29H42N2O2. The summed E-state index contributed by atoms with van der Waals surface area (Å²) in [6.07, 6.45) is 4.34. The molecule has 2 aliphatic rings. The van der Waals surface area contributed by atoms with Crippen LogP contribution in [0.1, 0.15) is 59.4 Å². The second-order valence-corrected chi connectivity index (χ2v) is 10.5. The number of ether oxygens (including phenoxy) is 1. The molecule has 1 amide bonds. The molecule has 2 unspecified atom stereocenters. The van der Waals surface area contributed by atoms with Gasteiger partial charge in [-0.1, -0.05) is 74.9 Å². The van der Waals surface area contributed by atoms with E-state index in [-0.39, 0.29) is 12.1 Å². The number of carbonyl (C=O) groups excluding carboxylic acids is 1. The topological polar surface area (TPSA) is 41.6 Å². The van der Waals surface area contributed by atoms with Gasteiger partial charge in [-0.2, -0.15) is 0 Å². The maximum Gasteiger partial charge on any atom is 0.410 e. The Morgan fingerprint density at radius 1 is 1.06 bits per heavy atom. The third kappa shape index (κ3) is 6.38. The fourth-order valence-electron chi connectivity index (χ4n) is 5.12. The Balaban J connectivity index is 0.000000709. The van der Waals surface area contributed by atoms with Crippen molar-refractivity contribution in [2.75, 3.05) is 20.1 Å². The van der Waals surface area contributed by atoms with Crippen LogP contribution in [0.25, 0.3) is 11.1 Å². The molecule has 1 spiro atoms. The van der Waals surface area contributed by atoms with Crippen molar-refractivity contribution in [1.29, 1.82) is 0 Å². The van der Waals surface area contributed by atoms with Gasteiger partial charge in [-0.3, -0.25) is 0 Å². The third-order valence-electron chi connectivity index (χ3n) is 6.93. The summed E-state index contributed by atoms with van der Waals surface area (Å²) in [5.74, 6) is 0.551. The van der Waals surface area contributed by atoms with Crippen molar-refractivity contribution in [1.82, 2.24) is 10.2 Å². The number of likely N-dealkylation sites (tertiary alicyclic amines) is 1. The van der Waals surface area contributed by atoms with E-state index in [1.807, 2.05) is 38.8 Å². The minimum atomic E-state index is -0.462. The molecular weight excluding hydrogens is 408 g/mol. The van der Waals surface area contributed by atoms with Crippen LogP contribution in [0.4, 0.5) is 4.79 Å². The molecule has 1 N–H and O–H groups in total. The summed E-state index contributed by atoms with van der Waals surface area (Å²) in [7, 11) is 1.93. The highest BCUT2D eigenvalue weighted by Gasteiger charge is 2.59. The fourth-order valence-corrected chi connectivity index (χ4v) is 5.12. The molecule has 2 fully saturated rings. The molecule has 2 aromatic carbocycles. The standard InChI is InChI=1S/C26H33NO2.C3H9N/c1-5-22-23(27(18-26(22)14-15-26)24(28)29-25(2,3)4)17-19-10-9-13-21(16-19)20-11-7-6-8-12-20;1-3-4-2/h6-13,16,22-23H,5,14-15,17-18H2,1-4H3;4H,3H2,1-2H3. The second-order valence-electron chi connectivity index (χ2n) is 10.5. The first-order valence-corrected chi connectivity index (χ1v) is 12.5. The molecule has 0 aromatic heterocycles. The molecule has 1 saturated heterocycles. The molecule has 4 nitrogen and oxygen atoms in total. The quantitative estimate of drug-likeness (QED) is 0.562. The van der Waals surface area contributed by atoms with Crippen molar-refractivity contribution in [3.05, 3.63) is 60.2 Å². The molecule has 2 aromatic rings. The van der Waals surface area contributed by atoms with Crippen molar-refractivity contribution in [2.45, 2.75) is 71.9 Å². The predicted octanol–water partition coefficient (Wildman–Crippen LogP) is 6.55. The van der Waals surface area contributed by atoms with Gasteiger partial charge >= 0.3 is 6.09 Å². The third-order valence-corrected chi connectivity index (χ3v) is 6.93. The Labute approximate surface area is 200 Å². The highest BCUT2D eigenvalue weighted by atomic mass is 16.6. The number of nitrogens with zero attached hydrogens (tertiary/aromatic N) is 1. The van der Waals surface area contributed by atoms with Crippen LogP contribution in [0, 0.1) is 11.3 Å². The number of carbonyl (C=O) groups is 1. The van der Waals surface area contributed by atoms with E-state index in [1.54, 1.807) is 0 Å². The van der Waals surface area contributed by atoms with Crippen LogP contribution in [0.15, 0.2) is 54.6 Å². The lowest BCUT2D eigenvalue weighted by atomic mass is 9.83. The lowest BCUT2D eigenvalue weighted by Gasteiger charge is -2.30. The van der Waals surface area contributed by atoms with E-state index in [2.05, 4.69) is 67.7 Å². The summed E-state index contributed by atoms with van der Waals surface area (Å²) in [5.41, 5.74) is 3.62. The summed E-state index contributed by atoms with van der Waals surface area (Å²) in [6, 6.07) is 19.5. The van der Waals surface area contributed by atoms with Gasteiger partial charge < -0.3 is 15.0 Å². The molecule has 1 heterocycles. The lowest BCUT2D eigenvalue weighted by Crippen LogP contribution is -2.42. The number of nitrogens with one attached hydrogen (secondary N) is 1. The van der Waals surface area contributed by atoms with Gasteiger partial charge in [0.1, 0.15) is 5.60 Å². The summed E-state index contributed by atoms with van der Waals surface area (Å²) >= 11 is 0. The van der Waals surface area contributed by atoms with E-state index in [0.29, 0.717) is 11.3 Å². The first-order valence-electron chi connectivity index (χ1n) is 12.5. The summed E-state index contributed by atoms with van der Waals surface area (Å²) < 4.78 is 5.78. The van der Waals surface area contributed by atoms with Gasteiger partial charge in [-0.15, -0.1) is 0 Å². The fraction of sp³-hybridized carbons (Fsp3) is 0.552. The average molecular weight is 451 g/mol. The van der Waals surface area contributed by atoms with Crippen LogP contribution >= 0.6 is 0 Å². The van der Waals surface area contributed by atoms with E-state index in [4.69, 9.17) is 4.74 Å². The van der Waals surface area contributed by atoms with Crippen LogP contribution in [0.5, 0.6) is 0 Å². The second kappa shape index (κ2) is 10.7. The van der Waals surface area contributed by atoms with Crippen LogP contribution in [0.3, 0.4) is 0 Å². The maximum absolute atomic E-state index is 13.0. The van der Waals surface area contributed by atoms with Gasteiger partial charge in [0.05, 0.1) is 0 Å². The summed E-state index contributed by atoms with van der Waals surface area (Å²) in [6.45, 7) is 12.1. The highest BCUT2D eigenvalue weighted by Crippen LogP contribution is 2.60. The van der Waals surface area contributed by atoms with E-state index < -0.39 is 5.60 Å².